The minimum Gasteiger partial charge on any atom is -0.353 e. The highest BCUT2D eigenvalue weighted by molar-refractivity contribution is 9.11. The van der Waals surface area contributed by atoms with Gasteiger partial charge in [-0.15, -0.1) is 10.2 Å². The maximum absolute atomic E-state index is 11.6. The molecule has 0 aromatic carbocycles. The first-order valence-corrected chi connectivity index (χ1v) is 6.36. The van der Waals surface area contributed by atoms with Gasteiger partial charge in [-0.2, -0.15) is 0 Å². The van der Waals surface area contributed by atoms with Gasteiger partial charge in [-0.05, 0) is 22.4 Å². The monoisotopic (exact) mass is 290 g/mol. The van der Waals surface area contributed by atoms with Crippen LogP contribution in [0.5, 0.6) is 0 Å². The number of hydrogen-bond donors (Lipinski definition) is 1. The van der Waals surface area contributed by atoms with E-state index in [1.165, 1.54) is 11.3 Å². The molecule has 0 aliphatic carbocycles. The van der Waals surface area contributed by atoms with Crippen LogP contribution in [0, 0.1) is 0 Å². The molecule has 15 heavy (non-hydrogen) atoms. The summed E-state index contributed by atoms with van der Waals surface area (Å²) in [7, 11) is 0. The summed E-state index contributed by atoms with van der Waals surface area (Å²) in [5.74, 6) is 0.0788. The summed E-state index contributed by atoms with van der Waals surface area (Å²) in [6.07, 6.45) is 0.781. The quantitative estimate of drug-likeness (QED) is 0.883. The number of amides is 1. The first-order chi connectivity index (χ1) is 7.22. The van der Waals surface area contributed by atoms with Gasteiger partial charge in [0.15, 0.2) is 3.92 Å². The standard InChI is InChI=1S/C8H11BrN4OS/c1-2-5-6(14)10-3-4-13(5)8-12-11-7(9)15-8/h5H,2-4H2,1H3,(H,10,14). The number of nitrogens with zero attached hydrogens (tertiary/aromatic N) is 3. The van der Waals surface area contributed by atoms with E-state index in [4.69, 9.17) is 0 Å². The van der Waals surface area contributed by atoms with Crippen molar-refractivity contribution >= 4 is 38.3 Å². The molecule has 0 radical (unpaired) electrons. The third-order valence-electron chi connectivity index (χ3n) is 2.35. The summed E-state index contributed by atoms with van der Waals surface area (Å²) >= 11 is 4.73. The summed E-state index contributed by atoms with van der Waals surface area (Å²) in [6.45, 7) is 3.47. The van der Waals surface area contributed by atoms with Crippen molar-refractivity contribution in [3.05, 3.63) is 3.92 Å². The highest BCUT2D eigenvalue weighted by Crippen LogP contribution is 2.27. The van der Waals surface area contributed by atoms with Gasteiger partial charge in [-0.3, -0.25) is 4.79 Å². The smallest absolute Gasteiger partial charge is 0.242 e. The van der Waals surface area contributed by atoms with Gasteiger partial charge in [0.05, 0.1) is 0 Å². The molecule has 2 heterocycles. The number of carbonyl (C=O) groups is 1. The lowest BCUT2D eigenvalue weighted by molar-refractivity contribution is -0.123. The van der Waals surface area contributed by atoms with Crippen LogP contribution >= 0.6 is 27.3 Å². The Balaban J connectivity index is 2.22. The molecule has 1 aromatic heterocycles. The van der Waals surface area contributed by atoms with Crippen molar-refractivity contribution < 1.29 is 4.79 Å². The van der Waals surface area contributed by atoms with Gasteiger partial charge < -0.3 is 10.2 Å². The second-order valence-electron chi connectivity index (χ2n) is 3.25. The van der Waals surface area contributed by atoms with E-state index in [-0.39, 0.29) is 11.9 Å². The molecule has 2 rings (SSSR count). The molecule has 1 atom stereocenters. The molecule has 5 nitrogen and oxygen atoms in total. The molecule has 0 saturated carbocycles. The number of aromatic nitrogens is 2. The average molecular weight is 291 g/mol. The number of carbonyl (C=O) groups excluding carboxylic acids is 1. The summed E-state index contributed by atoms with van der Waals surface area (Å²) in [5, 5.41) is 11.6. The maximum Gasteiger partial charge on any atom is 0.242 e. The minimum absolute atomic E-state index is 0.0788. The Bertz CT molecular complexity index is 369. The lowest BCUT2D eigenvalue weighted by Crippen LogP contribution is -2.55. The lowest BCUT2D eigenvalue weighted by Gasteiger charge is -2.33. The van der Waals surface area contributed by atoms with E-state index >= 15 is 0 Å². The van der Waals surface area contributed by atoms with Crippen LogP contribution in [0.3, 0.4) is 0 Å². The molecule has 1 amide bonds. The number of anilines is 1. The van der Waals surface area contributed by atoms with Gasteiger partial charge in [0.25, 0.3) is 0 Å². The van der Waals surface area contributed by atoms with E-state index in [9.17, 15) is 4.79 Å². The number of hydrogen-bond acceptors (Lipinski definition) is 5. The third-order valence-corrected chi connectivity index (χ3v) is 3.75. The maximum atomic E-state index is 11.6. The van der Waals surface area contributed by atoms with Crippen molar-refractivity contribution in [1.82, 2.24) is 15.5 Å². The van der Waals surface area contributed by atoms with Crippen LogP contribution in [0.4, 0.5) is 5.13 Å². The average Bonchev–Trinajstić information content (AvgIpc) is 2.64. The zero-order chi connectivity index (χ0) is 10.8. The highest BCUT2D eigenvalue weighted by Gasteiger charge is 2.30. The Kier molecular flexibility index (Phi) is 3.20. The third kappa shape index (κ3) is 2.12. The van der Waals surface area contributed by atoms with Crippen LogP contribution in [0.15, 0.2) is 3.92 Å². The topological polar surface area (TPSA) is 58.1 Å². The van der Waals surface area contributed by atoms with Gasteiger partial charge >= 0.3 is 0 Å². The van der Waals surface area contributed by atoms with Gasteiger partial charge in [0.1, 0.15) is 6.04 Å². The molecule has 1 unspecified atom stereocenters. The Hall–Kier alpha value is -0.690. The Morgan fingerprint density at radius 2 is 2.47 bits per heavy atom. The largest absolute Gasteiger partial charge is 0.353 e. The van der Waals surface area contributed by atoms with E-state index in [1.54, 1.807) is 0 Å². The molecule has 1 aromatic rings. The molecule has 7 heteroatoms. The Morgan fingerprint density at radius 1 is 1.67 bits per heavy atom. The normalized spacial score (nSPS) is 21.6. The van der Waals surface area contributed by atoms with Crippen molar-refractivity contribution in [2.24, 2.45) is 0 Å². The Labute approximate surface area is 100 Å². The summed E-state index contributed by atoms with van der Waals surface area (Å²) in [6, 6.07) is -0.112. The molecular formula is C8H11BrN4OS. The van der Waals surface area contributed by atoms with E-state index in [0.29, 0.717) is 6.54 Å². The second kappa shape index (κ2) is 4.44. The van der Waals surface area contributed by atoms with Gasteiger partial charge in [0, 0.05) is 13.1 Å². The zero-order valence-corrected chi connectivity index (χ0v) is 10.6. The van der Waals surface area contributed by atoms with E-state index in [2.05, 4.69) is 31.4 Å². The molecule has 1 aliphatic heterocycles. The Morgan fingerprint density at radius 3 is 3.07 bits per heavy atom. The first-order valence-electron chi connectivity index (χ1n) is 4.75. The van der Waals surface area contributed by atoms with Crippen molar-refractivity contribution in [2.45, 2.75) is 19.4 Å². The fourth-order valence-corrected chi connectivity index (χ4v) is 2.83. The number of piperazine rings is 1. The molecule has 82 valence electrons. The molecule has 0 bridgehead atoms. The minimum atomic E-state index is -0.112. The van der Waals surface area contributed by atoms with Crippen LogP contribution in [0.25, 0.3) is 0 Å². The van der Waals surface area contributed by atoms with Gasteiger partial charge in [-0.25, -0.2) is 0 Å². The second-order valence-corrected chi connectivity index (χ2v) is 5.48. The molecule has 1 saturated heterocycles. The molecule has 1 fully saturated rings. The predicted octanol–water partition coefficient (Wildman–Crippen LogP) is 1.02. The van der Waals surface area contributed by atoms with E-state index in [0.717, 1.165) is 22.0 Å². The summed E-state index contributed by atoms with van der Waals surface area (Å²) < 4.78 is 0.748. The van der Waals surface area contributed by atoms with Crippen molar-refractivity contribution in [1.29, 1.82) is 0 Å². The fourth-order valence-electron chi connectivity index (χ4n) is 1.66. The molecule has 0 spiro atoms. The lowest BCUT2D eigenvalue weighted by atomic mass is 10.1. The number of rotatable bonds is 2. The molecule has 1 N–H and O–H groups in total. The van der Waals surface area contributed by atoms with Crippen LogP contribution in [0.2, 0.25) is 0 Å². The van der Waals surface area contributed by atoms with Crippen LogP contribution in [-0.4, -0.2) is 35.2 Å². The fraction of sp³-hybridized carbons (Fsp3) is 0.625. The molecular weight excluding hydrogens is 280 g/mol. The van der Waals surface area contributed by atoms with Crippen LogP contribution < -0.4 is 10.2 Å². The highest BCUT2D eigenvalue weighted by atomic mass is 79.9. The SMILES string of the molecule is CCC1C(=O)NCCN1c1nnc(Br)s1. The predicted molar refractivity (Wildman–Crippen MR) is 62.0 cm³/mol. The molecule has 1 aliphatic rings. The summed E-state index contributed by atoms with van der Waals surface area (Å²) in [4.78, 5) is 13.6. The van der Waals surface area contributed by atoms with E-state index < -0.39 is 0 Å². The number of halogens is 1. The van der Waals surface area contributed by atoms with Crippen molar-refractivity contribution in [3.63, 3.8) is 0 Å². The summed E-state index contributed by atoms with van der Waals surface area (Å²) in [5.41, 5.74) is 0. The van der Waals surface area contributed by atoms with Crippen LogP contribution in [0.1, 0.15) is 13.3 Å². The van der Waals surface area contributed by atoms with Crippen molar-refractivity contribution in [3.8, 4) is 0 Å². The first kappa shape index (κ1) is 10.8. The van der Waals surface area contributed by atoms with E-state index in [1.807, 2.05) is 11.8 Å². The zero-order valence-electron chi connectivity index (χ0n) is 8.23. The van der Waals surface area contributed by atoms with Crippen molar-refractivity contribution in [2.75, 3.05) is 18.0 Å². The van der Waals surface area contributed by atoms with Crippen LogP contribution in [-0.2, 0) is 4.79 Å². The van der Waals surface area contributed by atoms with Gasteiger partial charge in [-0.1, -0.05) is 18.3 Å². The van der Waals surface area contributed by atoms with Gasteiger partial charge in [0.2, 0.25) is 11.0 Å². The number of nitrogens with one attached hydrogen (secondary N) is 1.